The molecule has 19 heavy (non-hydrogen) atoms. The molecule has 6 heteroatoms. The van der Waals surface area contributed by atoms with Crippen molar-refractivity contribution >= 4 is 17.5 Å². The van der Waals surface area contributed by atoms with Crippen molar-refractivity contribution in [2.24, 2.45) is 0 Å². The Morgan fingerprint density at radius 2 is 2.16 bits per heavy atom. The number of rotatable bonds is 3. The van der Waals surface area contributed by atoms with Crippen LogP contribution in [0.25, 0.3) is 0 Å². The largest absolute Gasteiger partial charge is 0.342 e. The average molecular weight is 279 g/mol. The molecule has 2 aromatic rings. The molecule has 100 valence electrons. The molecule has 0 saturated heterocycles. The number of aromatic amines is 1. The van der Waals surface area contributed by atoms with Crippen molar-refractivity contribution in [3.63, 3.8) is 0 Å². The first kappa shape index (κ1) is 13.5. The molecule has 5 nitrogen and oxygen atoms in total. The number of carbonyl (C=O) groups is 1. The van der Waals surface area contributed by atoms with Crippen molar-refractivity contribution in [2.45, 2.75) is 26.8 Å². The van der Waals surface area contributed by atoms with Crippen molar-refractivity contribution in [3.05, 3.63) is 46.0 Å². The first-order valence-corrected chi connectivity index (χ1v) is 6.31. The third-order valence-electron chi connectivity index (χ3n) is 2.79. The second kappa shape index (κ2) is 5.40. The number of nitrogens with zero attached hydrogens (tertiary/aromatic N) is 2. The monoisotopic (exact) mass is 278 g/mol. The molecule has 0 bridgehead atoms. The van der Waals surface area contributed by atoms with E-state index in [0.717, 1.165) is 11.4 Å². The molecular formula is C13H15ClN4O. The maximum atomic E-state index is 12.0. The quantitative estimate of drug-likeness (QED) is 0.906. The summed E-state index contributed by atoms with van der Waals surface area (Å²) in [6, 6.07) is 5.48. The highest BCUT2D eigenvalue weighted by Gasteiger charge is 2.18. The number of aryl methyl sites for hydroxylation is 2. The summed E-state index contributed by atoms with van der Waals surface area (Å²) in [5.74, 6) is -0.315. The first-order valence-electron chi connectivity index (χ1n) is 5.94. The Kier molecular flexibility index (Phi) is 3.85. The predicted molar refractivity (Wildman–Crippen MR) is 73.2 cm³/mol. The molecule has 2 N–H and O–H groups in total. The number of H-pyrrole nitrogens is 1. The molecule has 0 aliphatic rings. The Balaban J connectivity index is 2.13. The summed E-state index contributed by atoms with van der Waals surface area (Å²) in [5.41, 5.74) is 2.59. The minimum absolute atomic E-state index is 0.207. The topological polar surface area (TPSA) is 70.7 Å². The summed E-state index contributed by atoms with van der Waals surface area (Å²) in [7, 11) is 0. The van der Waals surface area contributed by atoms with Crippen molar-refractivity contribution in [2.75, 3.05) is 0 Å². The molecule has 0 aliphatic carbocycles. The van der Waals surface area contributed by atoms with Crippen LogP contribution in [0.15, 0.2) is 18.2 Å². The van der Waals surface area contributed by atoms with Crippen LogP contribution in [0.4, 0.5) is 0 Å². The number of pyridine rings is 1. The Hall–Kier alpha value is -1.88. The van der Waals surface area contributed by atoms with E-state index in [9.17, 15) is 4.79 Å². The van der Waals surface area contributed by atoms with Gasteiger partial charge in [0.15, 0.2) is 5.69 Å². The number of amides is 1. The standard InChI is InChI=1S/C13H15ClN4O/c1-7-5-4-6-10(15-7)8(2)16-13(19)12-11(14)9(3)17-18-12/h4-6,8H,1-3H3,(H,16,19)(H,17,18). The number of hydrogen-bond donors (Lipinski definition) is 2. The molecular weight excluding hydrogens is 264 g/mol. The van der Waals surface area contributed by atoms with Gasteiger partial charge < -0.3 is 5.32 Å². The molecule has 1 amide bonds. The molecule has 0 fully saturated rings. The third kappa shape index (κ3) is 2.93. The highest BCUT2D eigenvalue weighted by molar-refractivity contribution is 6.34. The third-order valence-corrected chi connectivity index (χ3v) is 3.25. The fourth-order valence-corrected chi connectivity index (χ4v) is 1.88. The average Bonchev–Trinajstić information content (AvgIpc) is 2.70. The van der Waals surface area contributed by atoms with E-state index in [1.807, 2.05) is 32.0 Å². The van der Waals surface area contributed by atoms with Crippen LogP contribution < -0.4 is 5.32 Å². The smallest absolute Gasteiger partial charge is 0.273 e. The summed E-state index contributed by atoms with van der Waals surface area (Å²) in [6.07, 6.45) is 0. The molecule has 0 aliphatic heterocycles. The summed E-state index contributed by atoms with van der Waals surface area (Å²) >= 11 is 5.99. The van der Waals surface area contributed by atoms with Crippen LogP contribution in [0.1, 0.15) is 40.5 Å². The van der Waals surface area contributed by atoms with Gasteiger partial charge in [-0.05, 0) is 32.9 Å². The van der Waals surface area contributed by atoms with Crippen molar-refractivity contribution < 1.29 is 4.79 Å². The second-order valence-electron chi connectivity index (χ2n) is 4.41. The van der Waals surface area contributed by atoms with Gasteiger partial charge in [0.1, 0.15) is 0 Å². The predicted octanol–water partition coefficient (Wildman–Crippen LogP) is 2.57. The molecule has 0 radical (unpaired) electrons. The van der Waals surface area contributed by atoms with E-state index in [-0.39, 0.29) is 17.6 Å². The number of aromatic nitrogens is 3. The van der Waals surface area contributed by atoms with Gasteiger partial charge in [0.2, 0.25) is 0 Å². The van der Waals surface area contributed by atoms with E-state index in [0.29, 0.717) is 10.7 Å². The lowest BCUT2D eigenvalue weighted by molar-refractivity contribution is 0.0934. The van der Waals surface area contributed by atoms with Crippen LogP contribution in [0.2, 0.25) is 5.02 Å². The van der Waals surface area contributed by atoms with Gasteiger partial charge in [-0.15, -0.1) is 0 Å². The Bertz CT molecular complexity index is 608. The van der Waals surface area contributed by atoms with Crippen LogP contribution in [0, 0.1) is 13.8 Å². The molecule has 2 aromatic heterocycles. The van der Waals surface area contributed by atoms with Gasteiger partial charge in [0.05, 0.1) is 22.5 Å². The number of carbonyl (C=O) groups excluding carboxylic acids is 1. The maximum absolute atomic E-state index is 12.0. The van der Waals surface area contributed by atoms with Gasteiger partial charge in [-0.1, -0.05) is 17.7 Å². The Labute approximate surface area is 116 Å². The molecule has 2 rings (SSSR count). The van der Waals surface area contributed by atoms with E-state index in [2.05, 4.69) is 20.5 Å². The van der Waals surface area contributed by atoms with E-state index < -0.39 is 0 Å². The number of halogens is 1. The lowest BCUT2D eigenvalue weighted by Gasteiger charge is -2.13. The SMILES string of the molecule is Cc1cccc(C(C)NC(=O)c2n[nH]c(C)c2Cl)n1. The van der Waals surface area contributed by atoms with Gasteiger partial charge in [-0.25, -0.2) is 0 Å². The Morgan fingerprint density at radius 3 is 2.74 bits per heavy atom. The van der Waals surface area contributed by atoms with Crippen LogP contribution in [-0.2, 0) is 0 Å². The second-order valence-corrected chi connectivity index (χ2v) is 4.79. The van der Waals surface area contributed by atoms with E-state index in [1.165, 1.54) is 0 Å². The fraction of sp³-hybridized carbons (Fsp3) is 0.308. The maximum Gasteiger partial charge on any atom is 0.273 e. The number of hydrogen-bond acceptors (Lipinski definition) is 3. The zero-order chi connectivity index (χ0) is 14.0. The van der Waals surface area contributed by atoms with Crippen LogP contribution in [0.5, 0.6) is 0 Å². The highest BCUT2D eigenvalue weighted by Crippen LogP contribution is 2.18. The summed E-state index contributed by atoms with van der Waals surface area (Å²) in [5, 5.41) is 9.75. The fourth-order valence-electron chi connectivity index (χ4n) is 1.71. The number of nitrogens with one attached hydrogen (secondary N) is 2. The zero-order valence-electron chi connectivity index (χ0n) is 11.0. The summed E-state index contributed by atoms with van der Waals surface area (Å²) in [6.45, 7) is 5.54. The highest BCUT2D eigenvalue weighted by atomic mass is 35.5. The van der Waals surface area contributed by atoms with Gasteiger partial charge in [-0.3, -0.25) is 14.9 Å². The van der Waals surface area contributed by atoms with Crippen LogP contribution in [-0.4, -0.2) is 21.1 Å². The molecule has 1 unspecified atom stereocenters. The summed E-state index contributed by atoms with van der Waals surface area (Å²) < 4.78 is 0. The Morgan fingerprint density at radius 1 is 1.42 bits per heavy atom. The molecule has 1 atom stereocenters. The zero-order valence-corrected chi connectivity index (χ0v) is 11.7. The van der Waals surface area contributed by atoms with Crippen molar-refractivity contribution in [1.82, 2.24) is 20.5 Å². The minimum atomic E-state index is -0.315. The molecule has 0 aromatic carbocycles. The van der Waals surface area contributed by atoms with Gasteiger partial charge >= 0.3 is 0 Å². The van der Waals surface area contributed by atoms with Gasteiger partial charge in [0, 0.05) is 5.69 Å². The first-order chi connectivity index (χ1) is 8.99. The molecule has 2 heterocycles. The van der Waals surface area contributed by atoms with Crippen molar-refractivity contribution in [1.29, 1.82) is 0 Å². The van der Waals surface area contributed by atoms with Crippen LogP contribution in [0.3, 0.4) is 0 Å². The van der Waals surface area contributed by atoms with E-state index in [1.54, 1.807) is 6.92 Å². The van der Waals surface area contributed by atoms with Gasteiger partial charge in [-0.2, -0.15) is 5.10 Å². The van der Waals surface area contributed by atoms with Gasteiger partial charge in [0.25, 0.3) is 5.91 Å². The minimum Gasteiger partial charge on any atom is -0.342 e. The molecule has 0 saturated carbocycles. The van der Waals surface area contributed by atoms with E-state index >= 15 is 0 Å². The summed E-state index contributed by atoms with van der Waals surface area (Å²) in [4.78, 5) is 16.4. The van der Waals surface area contributed by atoms with Crippen molar-refractivity contribution in [3.8, 4) is 0 Å². The lowest BCUT2D eigenvalue weighted by Crippen LogP contribution is -2.27. The molecule has 0 spiro atoms. The normalized spacial score (nSPS) is 12.2. The van der Waals surface area contributed by atoms with Crippen LogP contribution >= 0.6 is 11.6 Å². The van der Waals surface area contributed by atoms with E-state index in [4.69, 9.17) is 11.6 Å². The lowest BCUT2D eigenvalue weighted by atomic mass is 10.2.